The first kappa shape index (κ1) is 30.7. The van der Waals surface area contributed by atoms with Gasteiger partial charge in [0.15, 0.2) is 11.6 Å². The number of aliphatic hydroxyl groups excluding tert-OH is 2. The lowest BCUT2D eigenvalue weighted by molar-refractivity contribution is -0.114. The van der Waals surface area contributed by atoms with Crippen LogP contribution in [0.15, 0.2) is 57.5 Å². The molecule has 0 saturated carbocycles. The first-order chi connectivity index (χ1) is 17.9. The lowest BCUT2D eigenvalue weighted by Gasteiger charge is -2.28. The third kappa shape index (κ3) is 7.76. The third-order valence-corrected chi connectivity index (χ3v) is 6.66. The van der Waals surface area contributed by atoms with Crippen molar-refractivity contribution < 1.29 is 19.8 Å². The molecule has 2 rings (SSSR count). The number of hydrogen-bond acceptors (Lipinski definition) is 6. The van der Waals surface area contributed by atoms with Gasteiger partial charge in [-0.1, -0.05) is 35.4 Å². The van der Waals surface area contributed by atoms with E-state index in [0.717, 1.165) is 44.5 Å². The van der Waals surface area contributed by atoms with Crippen LogP contribution in [0.1, 0.15) is 70.4 Å². The summed E-state index contributed by atoms with van der Waals surface area (Å²) in [6.45, 7) is 14.4. The first-order valence-corrected chi connectivity index (χ1v) is 12.7. The number of ketones is 2. The summed E-state index contributed by atoms with van der Waals surface area (Å²) in [4.78, 5) is 33.6. The number of carbonyl (C=O) groups excluding carboxylic acids is 2. The molecule has 2 aromatic rings. The SMILES string of the molecule is CC(=O)/C(=C/C=N[C@H](c1c(C)cc(C)cc1C)[C@H](N=C/C=C(\CO)C(C)=O)c1c(C)cc(C)cc1C)CO. The van der Waals surface area contributed by atoms with Gasteiger partial charge in [0.05, 0.1) is 13.2 Å². The van der Waals surface area contributed by atoms with Crippen molar-refractivity contribution in [2.45, 2.75) is 67.5 Å². The van der Waals surface area contributed by atoms with Crippen LogP contribution in [0.25, 0.3) is 0 Å². The summed E-state index contributed by atoms with van der Waals surface area (Å²) >= 11 is 0. The number of hydrogen-bond donors (Lipinski definition) is 2. The van der Waals surface area contributed by atoms with Gasteiger partial charge < -0.3 is 10.2 Å². The zero-order valence-corrected chi connectivity index (χ0v) is 23.8. The summed E-state index contributed by atoms with van der Waals surface area (Å²) in [6.07, 6.45) is 6.23. The maximum Gasteiger partial charge on any atom is 0.158 e. The van der Waals surface area contributed by atoms with Gasteiger partial charge >= 0.3 is 0 Å². The van der Waals surface area contributed by atoms with E-state index in [1.807, 2.05) is 0 Å². The monoisotopic (exact) mass is 516 g/mol. The van der Waals surface area contributed by atoms with Crippen molar-refractivity contribution in [3.05, 3.63) is 92.1 Å². The number of carbonyl (C=O) groups is 2. The van der Waals surface area contributed by atoms with E-state index >= 15 is 0 Å². The number of Topliss-reactive ketones (excluding diaryl/α,β-unsaturated/α-hetero) is 2. The highest BCUT2D eigenvalue weighted by Gasteiger charge is 2.28. The molecular formula is C32H40N2O4. The van der Waals surface area contributed by atoms with E-state index in [1.165, 1.54) is 13.8 Å². The fraction of sp³-hybridized carbons (Fsp3) is 0.375. The molecule has 0 amide bonds. The number of aryl methyl sites for hydroxylation is 6. The molecule has 6 nitrogen and oxygen atoms in total. The molecular weight excluding hydrogens is 476 g/mol. The lowest BCUT2D eigenvalue weighted by atomic mass is 9.84. The fourth-order valence-electron chi connectivity index (χ4n) is 4.96. The van der Waals surface area contributed by atoms with Gasteiger partial charge in [0.2, 0.25) is 0 Å². The van der Waals surface area contributed by atoms with Crippen molar-refractivity contribution in [1.29, 1.82) is 0 Å². The quantitative estimate of drug-likeness (QED) is 0.305. The summed E-state index contributed by atoms with van der Waals surface area (Å²) in [5, 5.41) is 19.2. The second-order valence-electron chi connectivity index (χ2n) is 9.92. The van der Waals surface area contributed by atoms with Crippen LogP contribution in [-0.2, 0) is 9.59 Å². The number of benzene rings is 2. The number of aliphatic imine (C=N–C) groups is 2. The van der Waals surface area contributed by atoms with Crippen LogP contribution in [-0.4, -0.2) is 47.4 Å². The zero-order valence-electron chi connectivity index (χ0n) is 23.8. The summed E-state index contributed by atoms with van der Waals surface area (Å²) in [7, 11) is 0. The predicted octanol–water partition coefficient (Wildman–Crippen LogP) is 5.48. The number of nitrogens with zero attached hydrogens (tertiary/aromatic N) is 2. The van der Waals surface area contributed by atoms with E-state index in [4.69, 9.17) is 9.98 Å². The third-order valence-electron chi connectivity index (χ3n) is 6.66. The molecule has 2 atom stereocenters. The molecule has 0 aromatic heterocycles. The van der Waals surface area contributed by atoms with Crippen LogP contribution in [0.5, 0.6) is 0 Å². The van der Waals surface area contributed by atoms with E-state index in [0.29, 0.717) is 0 Å². The number of allylic oxidation sites excluding steroid dienone is 2. The Labute approximate surface area is 226 Å². The van der Waals surface area contributed by atoms with Crippen LogP contribution >= 0.6 is 0 Å². The van der Waals surface area contributed by atoms with Crippen molar-refractivity contribution in [2.24, 2.45) is 9.98 Å². The summed E-state index contributed by atoms with van der Waals surface area (Å²) in [5.74, 6) is -0.437. The topological polar surface area (TPSA) is 99.3 Å². The Balaban J connectivity index is 2.88. The normalized spacial score (nSPS) is 14.4. The highest BCUT2D eigenvalue weighted by molar-refractivity contribution is 5.98. The van der Waals surface area contributed by atoms with Gasteiger partial charge in [0.25, 0.3) is 0 Å². The highest BCUT2D eigenvalue weighted by atomic mass is 16.3. The van der Waals surface area contributed by atoms with Gasteiger partial charge in [-0.3, -0.25) is 19.6 Å². The smallest absolute Gasteiger partial charge is 0.158 e. The maximum absolute atomic E-state index is 11.9. The molecule has 0 aliphatic rings. The van der Waals surface area contributed by atoms with Crippen molar-refractivity contribution in [1.82, 2.24) is 0 Å². The van der Waals surface area contributed by atoms with Crippen LogP contribution in [0, 0.1) is 41.5 Å². The van der Waals surface area contributed by atoms with Crippen molar-refractivity contribution in [3.8, 4) is 0 Å². The minimum absolute atomic E-state index is 0.219. The largest absolute Gasteiger partial charge is 0.392 e. The van der Waals surface area contributed by atoms with Crippen LogP contribution < -0.4 is 0 Å². The minimum atomic E-state index is -0.460. The van der Waals surface area contributed by atoms with Gasteiger partial charge in [0.1, 0.15) is 12.1 Å². The van der Waals surface area contributed by atoms with E-state index in [2.05, 4.69) is 65.8 Å². The number of aliphatic hydroxyl groups is 2. The zero-order chi connectivity index (χ0) is 28.6. The predicted molar refractivity (Wildman–Crippen MR) is 155 cm³/mol. The Hall–Kier alpha value is -3.48. The molecule has 38 heavy (non-hydrogen) atoms. The van der Waals surface area contributed by atoms with Gasteiger partial charge in [-0.05, 0) is 101 Å². The lowest BCUT2D eigenvalue weighted by Crippen LogP contribution is -2.14. The molecule has 0 heterocycles. The highest BCUT2D eigenvalue weighted by Crippen LogP contribution is 2.41. The summed E-state index contributed by atoms with van der Waals surface area (Å²) in [6, 6.07) is 7.54. The van der Waals surface area contributed by atoms with Crippen LogP contribution in [0.4, 0.5) is 0 Å². The van der Waals surface area contributed by atoms with Crippen LogP contribution in [0.3, 0.4) is 0 Å². The van der Waals surface area contributed by atoms with Crippen molar-refractivity contribution >= 4 is 24.0 Å². The number of rotatable bonds is 11. The molecule has 0 unspecified atom stereocenters. The molecule has 6 heteroatoms. The Kier molecular flexibility index (Phi) is 11.2. The molecule has 0 saturated heterocycles. The molecule has 0 fully saturated rings. The molecule has 0 aliphatic heterocycles. The van der Waals surface area contributed by atoms with E-state index in [1.54, 1.807) is 24.6 Å². The van der Waals surface area contributed by atoms with Crippen LogP contribution in [0.2, 0.25) is 0 Å². The van der Waals surface area contributed by atoms with E-state index < -0.39 is 12.1 Å². The summed E-state index contributed by atoms with van der Waals surface area (Å²) in [5.41, 5.74) is 9.15. The molecule has 2 aromatic carbocycles. The maximum atomic E-state index is 11.9. The average Bonchev–Trinajstić information content (AvgIpc) is 2.80. The van der Waals surface area contributed by atoms with Crippen molar-refractivity contribution in [3.63, 3.8) is 0 Å². The second kappa shape index (κ2) is 13.9. The van der Waals surface area contributed by atoms with Gasteiger partial charge in [-0.25, -0.2) is 0 Å². The Morgan fingerprint density at radius 1 is 0.658 bits per heavy atom. The van der Waals surface area contributed by atoms with Gasteiger partial charge in [-0.2, -0.15) is 0 Å². The van der Waals surface area contributed by atoms with Gasteiger partial charge in [-0.15, -0.1) is 0 Å². The molecule has 0 radical (unpaired) electrons. The standard InChI is InChI=1S/C32H40N2O4/c1-19-13-21(3)29(22(4)14-19)31(33-11-9-27(17-35)25(7)37)32(34-12-10-28(18-36)26(8)38)30-23(5)15-20(2)16-24(30)6/h9-16,31-32,35-36H,17-18H2,1-8H3/b27-9+,28-10+,33-11?,34-12?/t31-,32-/m1/s1. The molecule has 0 bridgehead atoms. The molecule has 0 aliphatic carbocycles. The van der Waals surface area contributed by atoms with E-state index in [-0.39, 0.29) is 35.9 Å². The second-order valence-corrected chi connectivity index (χ2v) is 9.92. The van der Waals surface area contributed by atoms with Crippen molar-refractivity contribution in [2.75, 3.05) is 13.2 Å². The molecule has 2 N–H and O–H groups in total. The van der Waals surface area contributed by atoms with E-state index in [9.17, 15) is 19.8 Å². The molecule has 0 spiro atoms. The minimum Gasteiger partial charge on any atom is -0.392 e. The molecule has 202 valence electrons. The Bertz CT molecular complexity index is 1170. The average molecular weight is 517 g/mol. The Morgan fingerprint density at radius 2 is 0.947 bits per heavy atom. The fourth-order valence-corrected chi connectivity index (χ4v) is 4.96. The van der Waals surface area contributed by atoms with Gasteiger partial charge in [0, 0.05) is 23.6 Å². The Morgan fingerprint density at radius 3 is 1.18 bits per heavy atom. The summed E-state index contributed by atoms with van der Waals surface area (Å²) < 4.78 is 0. The first-order valence-electron chi connectivity index (χ1n) is 12.7.